The Morgan fingerprint density at radius 2 is 0.898 bits per heavy atom. The van der Waals surface area contributed by atoms with Crippen molar-refractivity contribution >= 4 is 170 Å². The van der Waals surface area contributed by atoms with Gasteiger partial charge in [0.1, 0.15) is 0 Å². The number of carbonyl (C=O) groups excluding carboxylic acids is 5. The maximum atomic E-state index is 12.2. The number of ether oxygens (including phenoxy) is 2. The molecule has 5 aromatic rings. The maximum Gasteiger partial charge on any atom is 0.313 e. The third-order valence-corrected chi connectivity index (χ3v) is 13.4. The molecular formula is C33H29Br4ClO7S4. The van der Waals surface area contributed by atoms with Gasteiger partial charge in [-0.25, -0.2) is 0 Å². The molecule has 0 aliphatic heterocycles. The van der Waals surface area contributed by atoms with Crippen molar-refractivity contribution < 1.29 is 33.4 Å². The minimum absolute atomic E-state index is 0. The molecule has 1 aliphatic carbocycles. The normalized spacial score (nSPS) is 11.9. The van der Waals surface area contributed by atoms with Crippen molar-refractivity contribution in [2.75, 3.05) is 0 Å². The Morgan fingerprint density at radius 3 is 1.18 bits per heavy atom. The van der Waals surface area contributed by atoms with E-state index in [9.17, 15) is 24.0 Å². The molecule has 1 aliphatic rings. The van der Waals surface area contributed by atoms with E-state index in [4.69, 9.17) is 21.1 Å². The number of hydrogen-bond acceptors (Lipinski definition) is 11. The van der Waals surface area contributed by atoms with Crippen LogP contribution in [0.3, 0.4) is 0 Å². The lowest BCUT2D eigenvalue weighted by atomic mass is 9.96. The summed E-state index contributed by atoms with van der Waals surface area (Å²) in [5.41, 5.74) is 1.03. The zero-order chi connectivity index (χ0) is 35.8. The van der Waals surface area contributed by atoms with Gasteiger partial charge in [-0.3, -0.25) is 24.0 Å². The second-order valence-corrected chi connectivity index (χ2v) is 21.2. The van der Waals surface area contributed by atoms with Gasteiger partial charge in [0.25, 0.3) is 0 Å². The first-order valence-electron chi connectivity index (χ1n) is 14.1. The van der Waals surface area contributed by atoms with Crippen molar-refractivity contribution in [3.05, 3.63) is 60.3 Å². The van der Waals surface area contributed by atoms with E-state index >= 15 is 0 Å². The number of rotatable bonds is 5. The van der Waals surface area contributed by atoms with Crippen molar-refractivity contribution in [2.24, 2.45) is 17.8 Å². The smallest absolute Gasteiger partial charge is 0.313 e. The predicted octanol–water partition coefficient (Wildman–Crippen LogP) is 12.9. The minimum atomic E-state index is -0.300. The van der Waals surface area contributed by atoms with Crippen LogP contribution in [-0.2, 0) is 14.4 Å². The number of hydrogen-bond donors (Lipinski definition) is 0. The number of benzene rings is 1. The first-order valence-corrected chi connectivity index (χ1v) is 20.9. The van der Waals surface area contributed by atoms with Gasteiger partial charge in [0, 0.05) is 27.8 Å². The molecule has 0 N–H and O–H groups in total. The summed E-state index contributed by atoms with van der Waals surface area (Å²) in [6.45, 7) is 10.7. The standard InChI is InChI=1S/C18H16Br2O4S2.C10H2Br2O2S2.C4H7ClO.CH4/c1-7(2)17(21)23-13-9-5-11(19)26-16(9)14(24-18(22)8(3)4)10-6-12(20)25-15(10)13;11-5-1-3-7(13)10-4(2-6(12)16-10)8(14)9(3)15-5;1-3(2)4(5)6;/h5-8H,1-4H3;1-2H;3H,1-2H3;1H4. The Hall–Kier alpha value is -1.30. The summed E-state index contributed by atoms with van der Waals surface area (Å²) in [6, 6.07) is 7.22. The Labute approximate surface area is 338 Å². The van der Waals surface area contributed by atoms with E-state index < -0.39 is 0 Å². The number of halogens is 5. The number of thiophene rings is 4. The number of fused-ring (bicyclic) bond motifs is 4. The van der Waals surface area contributed by atoms with Crippen molar-refractivity contribution in [1.82, 2.24) is 0 Å². The zero-order valence-electron chi connectivity index (χ0n) is 25.9. The van der Waals surface area contributed by atoms with Gasteiger partial charge in [-0.2, -0.15) is 0 Å². The van der Waals surface area contributed by atoms with Crippen LogP contribution >= 0.6 is 121 Å². The van der Waals surface area contributed by atoms with Crippen LogP contribution in [0.5, 0.6) is 11.5 Å². The molecule has 49 heavy (non-hydrogen) atoms. The maximum absolute atomic E-state index is 12.2. The molecule has 0 bridgehead atoms. The summed E-state index contributed by atoms with van der Waals surface area (Å²) < 4.78 is 16.4. The summed E-state index contributed by atoms with van der Waals surface area (Å²) in [5.74, 6) is -0.201. The fraction of sp³-hybridized carbons (Fsp3) is 0.303. The van der Waals surface area contributed by atoms with Gasteiger partial charge in [0.05, 0.1) is 46.1 Å². The monoisotopic (exact) mass is 1020 g/mol. The summed E-state index contributed by atoms with van der Waals surface area (Å²) in [5, 5.41) is 1.24. The lowest BCUT2D eigenvalue weighted by molar-refractivity contribution is -0.138. The highest BCUT2D eigenvalue weighted by atomic mass is 79.9. The molecule has 0 saturated carbocycles. The van der Waals surface area contributed by atoms with Crippen molar-refractivity contribution in [3.8, 4) is 11.5 Å². The Morgan fingerprint density at radius 1 is 0.592 bits per heavy atom. The molecule has 0 radical (unpaired) electrons. The topological polar surface area (TPSA) is 104 Å². The van der Waals surface area contributed by atoms with E-state index in [2.05, 4.69) is 63.7 Å². The fourth-order valence-corrected chi connectivity index (χ4v) is 10.2. The van der Waals surface area contributed by atoms with Gasteiger partial charge in [-0.15, -0.1) is 45.3 Å². The molecule has 0 fully saturated rings. The molecule has 4 aromatic heterocycles. The average molecular weight is 1020 g/mol. The summed E-state index contributed by atoms with van der Waals surface area (Å²) >= 11 is 24.1. The van der Waals surface area contributed by atoms with Crippen LogP contribution < -0.4 is 9.47 Å². The number of carbonyl (C=O) groups is 5. The molecule has 6 rings (SSSR count). The van der Waals surface area contributed by atoms with Crippen molar-refractivity contribution in [2.45, 2.75) is 49.0 Å². The van der Waals surface area contributed by atoms with Gasteiger partial charge in [0.15, 0.2) is 11.5 Å². The molecule has 0 amide bonds. The highest BCUT2D eigenvalue weighted by Crippen LogP contribution is 2.51. The first-order chi connectivity index (χ1) is 22.4. The molecular weight excluding hydrogens is 992 g/mol. The lowest BCUT2D eigenvalue weighted by Gasteiger charge is -2.13. The first kappa shape index (κ1) is 42.1. The second kappa shape index (κ2) is 17.5. The lowest BCUT2D eigenvalue weighted by Crippen LogP contribution is -2.16. The molecule has 0 unspecified atom stereocenters. The van der Waals surface area contributed by atoms with E-state index in [0.29, 0.717) is 32.4 Å². The summed E-state index contributed by atoms with van der Waals surface area (Å²) in [6.07, 6.45) is 0. The quantitative estimate of drug-likeness (QED) is 0.0962. The molecule has 0 saturated heterocycles. The summed E-state index contributed by atoms with van der Waals surface area (Å²) in [7, 11) is 0. The van der Waals surface area contributed by atoms with E-state index in [1.165, 1.54) is 45.3 Å². The average Bonchev–Trinajstić information content (AvgIpc) is 3.78. The van der Waals surface area contributed by atoms with Gasteiger partial charge in [-0.1, -0.05) is 49.0 Å². The van der Waals surface area contributed by atoms with Gasteiger partial charge < -0.3 is 9.47 Å². The Bertz CT molecular complexity index is 1850. The van der Waals surface area contributed by atoms with Gasteiger partial charge >= 0.3 is 11.9 Å². The molecule has 16 heteroatoms. The van der Waals surface area contributed by atoms with Crippen LogP contribution in [-0.4, -0.2) is 28.7 Å². The van der Waals surface area contributed by atoms with Crippen LogP contribution in [0.15, 0.2) is 39.4 Å². The summed E-state index contributed by atoms with van der Waals surface area (Å²) in [4.78, 5) is 59.7. The molecule has 0 atom stereocenters. The second-order valence-electron chi connectivity index (χ2n) is 11.1. The van der Waals surface area contributed by atoms with E-state index in [0.717, 1.165) is 35.3 Å². The van der Waals surface area contributed by atoms with Crippen LogP contribution in [0.4, 0.5) is 0 Å². The number of esters is 2. The van der Waals surface area contributed by atoms with Crippen LogP contribution in [0, 0.1) is 17.8 Å². The zero-order valence-corrected chi connectivity index (χ0v) is 36.3. The van der Waals surface area contributed by atoms with Gasteiger partial charge in [0.2, 0.25) is 16.8 Å². The third-order valence-electron chi connectivity index (χ3n) is 6.41. The van der Waals surface area contributed by atoms with E-state index in [-0.39, 0.29) is 53.9 Å². The largest absolute Gasteiger partial charge is 0.424 e. The Kier molecular flexibility index (Phi) is 15.0. The van der Waals surface area contributed by atoms with Gasteiger partial charge in [-0.05, 0) is 99.6 Å². The molecule has 0 spiro atoms. The number of ketones is 2. The molecule has 4 heterocycles. The SMILES string of the molecule is C.CC(C)C(=O)Cl.CC(C)C(=O)Oc1c2cc(Br)sc2c(OC(=O)C(C)C)c2cc(Br)sc12.O=C1c2cc(Br)sc2C(=O)c2cc(Br)sc21. The Balaban J connectivity index is 0.000000240. The van der Waals surface area contributed by atoms with Crippen LogP contribution in [0.2, 0.25) is 0 Å². The van der Waals surface area contributed by atoms with Crippen molar-refractivity contribution in [3.63, 3.8) is 0 Å². The highest BCUT2D eigenvalue weighted by Gasteiger charge is 2.33. The molecule has 7 nitrogen and oxygen atoms in total. The van der Waals surface area contributed by atoms with E-state index in [1.807, 2.05) is 12.1 Å². The van der Waals surface area contributed by atoms with E-state index in [1.54, 1.807) is 53.7 Å². The highest BCUT2D eigenvalue weighted by molar-refractivity contribution is 9.11. The third kappa shape index (κ3) is 9.58. The molecule has 1 aromatic carbocycles. The van der Waals surface area contributed by atoms with Crippen LogP contribution in [0.1, 0.15) is 79.4 Å². The minimum Gasteiger partial charge on any atom is -0.424 e. The molecule has 262 valence electrons. The van der Waals surface area contributed by atoms with Crippen LogP contribution in [0.25, 0.3) is 20.2 Å². The fourth-order valence-electron chi connectivity index (χ4n) is 3.92. The van der Waals surface area contributed by atoms with Crippen molar-refractivity contribution in [1.29, 1.82) is 0 Å². The predicted molar refractivity (Wildman–Crippen MR) is 217 cm³/mol.